The molecule has 1 atom stereocenters. The molecule has 1 fully saturated rings. The summed E-state index contributed by atoms with van der Waals surface area (Å²) in [6.45, 7) is 1.57. The molecule has 1 unspecified atom stereocenters. The lowest BCUT2D eigenvalue weighted by Crippen LogP contribution is -2.18. The Morgan fingerprint density at radius 3 is 3.12 bits per heavy atom. The van der Waals surface area contributed by atoms with Crippen molar-refractivity contribution >= 4 is 11.7 Å². The smallest absolute Gasteiger partial charge is 0.335 e. The van der Waals surface area contributed by atoms with Crippen molar-refractivity contribution in [2.75, 3.05) is 18.5 Å². The molecule has 0 radical (unpaired) electrons. The van der Waals surface area contributed by atoms with Crippen molar-refractivity contribution in [3.63, 3.8) is 0 Å². The fourth-order valence-corrected chi connectivity index (χ4v) is 1.80. The summed E-state index contributed by atoms with van der Waals surface area (Å²) in [5.74, 6) is -0.902. The SMILES string of the molecule is O=C(O)c1cccc(NCC2CCCO2)c1. The summed E-state index contributed by atoms with van der Waals surface area (Å²) < 4.78 is 5.47. The third-order valence-electron chi connectivity index (χ3n) is 2.67. The maximum atomic E-state index is 10.8. The molecule has 86 valence electrons. The number of carbonyl (C=O) groups is 1. The first-order valence-corrected chi connectivity index (χ1v) is 5.44. The maximum Gasteiger partial charge on any atom is 0.335 e. The van der Waals surface area contributed by atoms with Gasteiger partial charge >= 0.3 is 5.97 Å². The van der Waals surface area contributed by atoms with Gasteiger partial charge in [0, 0.05) is 18.8 Å². The normalized spacial score (nSPS) is 19.6. The van der Waals surface area contributed by atoms with Crippen LogP contribution in [-0.2, 0) is 4.74 Å². The molecule has 1 aliphatic heterocycles. The number of rotatable bonds is 4. The number of carboxylic acid groups (broad SMARTS) is 1. The summed E-state index contributed by atoms with van der Waals surface area (Å²) in [7, 11) is 0. The fourth-order valence-electron chi connectivity index (χ4n) is 1.80. The maximum absolute atomic E-state index is 10.8. The van der Waals surface area contributed by atoms with Gasteiger partial charge in [-0.1, -0.05) is 6.07 Å². The average molecular weight is 221 g/mol. The van der Waals surface area contributed by atoms with Crippen molar-refractivity contribution in [2.45, 2.75) is 18.9 Å². The largest absolute Gasteiger partial charge is 0.478 e. The van der Waals surface area contributed by atoms with E-state index in [1.54, 1.807) is 18.2 Å². The van der Waals surface area contributed by atoms with E-state index >= 15 is 0 Å². The Kier molecular flexibility index (Phi) is 3.41. The van der Waals surface area contributed by atoms with E-state index in [0.29, 0.717) is 5.56 Å². The highest BCUT2D eigenvalue weighted by Gasteiger charge is 2.14. The summed E-state index contributed by atoms with van der Waals surface area (Å²) >= 11 is 0. The Morgan fingerprint density at radius 2 is 2.44 bits per heavy atom. The average Bonchev–Trinajstić information content (AvgIpc) is 2.79. The van der Waals surface area contributed by atoms with Gasteiger partial charge in [0.05, 0.1) is 11.7 Å². The molecular weight excluding hydrogens is 206 g/mol. The van der Waals surface area contributed by atoms with Crippen LogP contribution in [-0.4, -0.2) is 30.3 Å². The number of hydrogen-bond acceptors (Lipinski definition) is 3. The van der Waals surface area contributed by atoms with Gasteiger partial charge < -0.3 is 15.2 Å². The van der Waals surface area contributed by atoms with Crippen LogP contribution in [0.3, 0.4) is 0 Å². The Labute approximate surface area is 94.2 Å². The number of benzene rings is 1. The highest BCUT2D eigenvalue weighted by Crippen LogP contribution is 2.15. The minimum Gasteiger partial charge on any atom is -0.478 e. The van der Waals surface area contributed by atoms with Crippen LogP contribution >= 0.6 is 0 Å². The Bertz CT molecular complexity index is 372. The highest BCUT2D eigenvalue weighted by molar-refractivity contribution is 5.88. The van der Waals surface area contributed by atoms with E-state index in [4.69, 9.17) is 9.84 Å². The third kappa shape index (κ3) is 2.73. The lowest BCUT2D eigenvalue weighted by molar-refractivity contribution is 0.0697. The van der Waals surface area contributed by atoms with Crippen LogP contribution in [0.1, 0.15) is 23.2 Å². The molecule has 16 heavy (non-hydrogen) atoms. The first-order chi connectivity index (χ1) is 7.75. The van der Waals surface area contributed by atoms with Gasteiger partial charge in [-0.05, 0) is 31.0 Å². The van der Waals surface area contributed by atoms with Crippen molar-refractivity contribution in [1.82, 2.24) is 0 Å². The zero-order valence-corrected chi connectivity index (χ0v) is 8.98. The topological polar surface area (TPSA) is 58.6 Å². The van der Waals surface area contributed by atoms with Crippen LogP contribution in [0, 0.1) is 0 Å². The molecule has 4 nitrogen and oxygen atoms in total. The summed E-state index contributed by atoms with van der Waals surface area (Å²) in [5.41, 5.74) is 1.13. The van der Waals surface area contributed by atoms with Crippen molar-refractivity contribution in [3.8, 4) is 0 Å². The minimum atomic E-state index is -0.902. The van der Waals surface area contributed by atoms with Gasteiger partial charge in [0.15, 0.2) is 0 Å². The van der Waals surface area contributed by atoms with Crippen molar-refractivity contribution in [2.24, 2.45) is 0 Å². The number of aromatic carboxylic acids is 1. The summed E-state index contributed by atoms with van der Waals surface area (Å²) in [4.78, 5) is 10.8. The van der Waals surface area contributed by atoms with E-state index in [1.807, 2.05) is 6.07 Å². The molecule has 0 spiro atoms. The molecular formula is C12H15NO3. The molecule has 0 aromatic heterocycles. The van der Waals surface area contributed by atoms with Gasteiger partial charge in [-0.25, -0.2) is 4.79 Å². The van der Waals surface area contributed by atoms with Crippen LogP contribution in [0.25, 0.3) is 0 Å². The van der Waals surface area contributed by atoms with E-state index < -0.39 is 5.97 Å². The van der Waals surface area contributed by atoms with E-state index in [-0.39, 0.29) is 6.10 Å². The highest BCUT2D eigenvalue weighted by atomic mass is 16.5. The molecule has 1 aromatic carbocycles. The number of anilines is 1. The van der Waals surface area contributed by atoms with Crippen LogP contribution in [0.15, 0.2) is 24.3 Å². The van der Waals surface area contributed by atoms with Gasteiger partial charge in [-0.15, -0.1) is 0 Å². The second kappa shape index (κ2) is 4.99. The number of nitrogens with one attached hydrogen (secondary N) is 1. The molecule has 1 aromatic rings. The van der Waals surface area contributed by atoms with Gasteiger partial charge in [0.2, 0.25) is 0 Å². The van der Waals surface area contributed by atoms with Crippen LogP contribution in [0.2, 0.25) is 0 Å². The summed E-state index contributed by atoms with van der Waals surface area (Å²) in [6, 6.07) is 6.82. The van der Waals surface area contributed by atoms with E-state index in [0.717, 1.165) is 31.7 Å². The summed E-state index contributed by atoms with van der Waals surface area (Å²) in [5, 5.41) is 12.0. The van der Waals surface area contributed by atoms with Crippen LogP contribution in [0.4, 0.5) is 5.69 Å². The Balaban J connectivity index is 1.93. The Morgan fingerprint density at radius 1 is 1.56 bits per heavy atom. The molecule has 4 heteroatoms. The number of ether oxygens (including phenoxy) is 1. The molecule has 0 amide bonds. The second-order valence-electron chi connectivity index (χ2n) is 3.90. The standard InChI is InChI=1S/C12H15NO3/c14-12(15)9-3-1-4-10(7-9)13-8-11-5-2-6-16-11/h1,3-4,7,11,13H,2,5-6,8H2,(H,14,15). The van der Waals surface area contributed by atoms with Crippen LogP contribution < -0.4 is 5.32 Å². The first kappa shape index (κ1) is 11.0. The zero-order chi connectivity index (χ0) is 11.4. The van der Waals surface area contributed by atoms with Gasteiger partial charge in [-0.2, -0.15) is 0 Å². The van der Waals surface area contributed by atoms with Gasteiger partial charge in [0.25, 0.3) is 0 Å². The predicted octanol–water partition coefficient (Wildman–Crippen LogP) is 1.98. The lowest BCUT2D eigenvalue weighted by Gasteiger charge is -2.12. The zero-order valence-electron chi connectivity index (χ0n) is 8.98. The third-order valence-corrected chi connectivity index (χ3v) is 2.67. The molecule has 1 heterocycles. The van der Waals surface area contributed by atoms with Gasteiger partial charge in [-0.3, -0.25) is 0 Å². The fraction of sp³-hybridized carbons (Fsp3) is 0.417. The lowest BCUT2D eigenvalue weighted by atomic mass is 10.2. The van der Waals surface area contributed by atoms with Crippen LogP contribution in [0.5, 0.6) is 0 Å². The number of carboxylic acids is 1. The minimum absolute atomic E-state index is 0.258. The van der Waals surface area contributed by atoms with Gasteiger partial charge in [0.1, 0.15) is 0 Å². The van der Waals surface area contributed by atoms with Crippen molar-refractivity contribution in [3.05, 3.63) is 29.8 Å². The molecule has 0 bridgehead atoms. The monoisotopic (exact) mass is 221 g/mol. The molecule has 0 saturated carbocycles. The first-order valence-electron chi connectivity index (χ1n) is 5.44. The van der Waals surface area contributed by atoms with E-state index in [9.17, 15) is 4.79 Å². The Hall–Kier alpha value is -1.55. The molecule has 2 N–H and O–H groups in total. The molecule has 0 aliphatic carbocycles. The molecule has 2 rings (SSSR count). The molecule has 1 aliphatic rings. The van der Waals surface area contributed by atoms with E-state index in [1.165, 1.54) is 0 Å². The molecule has 1 saturated heterocycles. The quantitative estimate of drug-likeness (QED) is 0.816. The number of hydrogen-bond donors (Lipinski definition) is 2. The van der Waals surface area contributed by atoms with E-state index in [2.05, 4.69) is 5.32 Å². The van der Waals surface area contributed by atoms with Crippen molar-refractivity contribution < 1.29 is 14.6 Å². The predicted molar refractivity (Wildman–Crippen MR) is 60.9 cm³/mol. The summed E-state index contributed by atoms with van der Waals surface area (Å²) in [6.07, 6.45) is 2.45. The van der Waals surface area contributed by atoms with Crippen molar-refractivity contribution in [1.29, 1.82) is 0 Å². The second-order valence-corrected chi connectivity index (χ2v) is 3.90.